The van der Waals surface area contributed by atoms with Gasteiger partial charge in [0.25, 0.3) is 0 Å². The van der Waals surface area contributed by atoms with E-state index in [1.54, 1.807) is 12.5 Å². The second-order valence-corrected chi connectivity index (χ2v) is 2.71. The lowest BCUT2D eigenvalue weighted by atomic mass is 10.6. The van der Waals surface area contributed by atoms with E-state index in [9.17, 15) is 0 Å². The average Bonchev–Trinajstić information content (AvgIpc) is 2.49. The van der Waals surface area contributed by atoms with E-state index >= 15 is 0 Å². The summed E-state index contributed by atoms with van der Waals surface area (Å²) in [6.07, 6.45) is 3.13. The Kier molecular flexibility index (Phi) is 3.52. The Bertz CT molecular complexity index is 440. The number of rotatable bonds is 0. The van der Waals surface area contributed by atoms with Crippen LogP contribution in [0.3, 0.4) is 0 Å². The summed E-state index contributed by atoms with van der Waals surface area (Å²) >= 11 is 0. The lowest BCUT2D eigenvalue weighted by molar-refractivity contribution is 0.405. The first-order chi connectivity index (χ1) is 6.59. The summed E-state index contributed by atoms with van der Waals surface area (Å²) in [5, 5.41) is 0. The molecule has 0 fully saturated rings. The van der Waals surface area contributed by atoms with E-state index in [-0.39, 0.29) is 5.95 Å². The van der Waals surface area contributed by atoms with Crippen LogP contribution in [0.2, 0.25) is 0 Å². The number of aromatic amines is 1. The number of fused-ring (bicyclic) bond motifs is 1. The molecular weight excluding hydrogens is 209 g/mol. The van der Waals surface area contributed by atoms with Crippen molar-refractivity contribution in [3.05, 3.63) is 12.5 Å². The fourth-order valence-corrected chi connectivity index (χ4v) is 0.753. The Morgan fingerprint density at radius 3 is 2.71 bits per heavy atom. The van der Waals surface area contributed by atoms with Crippen molar-refractivity contribution in [2.24, 2.45) is 0 Å². The van der Waals surface area contributed by atoms with Gasteiger partial charge in [0.15, 0.2) is 5.65 Å². The first kappa shape index (κ1) is 10.6. The number of nitrogens with two attached hydrogens (primary N) is 1. The molecule has 0 aliphatic heterocycles. The van der Waals surface area contributed by atoms with Gasteiger partial charge in [-0.3, -0.25) is 4.57 Å². The van der Waals surface area contributed by atoms with E-state index in [2.05, 4.69) is 19.9 Å². The molecule has 0 atom stereocenters. The predicted molar refractivity (Wildman–Crippen MR) is 49.5 cm³/mol. The Hall–Kier alpha value is -1.50. The van der Waals surface area contributed by atoms with E-state index in [1.807, 2.05) is 0 Å². The molecule has 9 heteroatoms. The van der Waals surface area contributed by atoms with Gasteiger partial charge in [0, 0.05) is 0 Å². The van der Waals surface area contributed by atoms with Gasteiger partial charge >= 0.3 is 8.25 Å². The van der Waals surface area contributed by atoms with Gasteiger partial charge in [0.1, 0.15) is 5.52 Å². The minimum Gasteiger partial charge on any atom is -0.368 e. The van der Waals surface area contributed by atoms with Gasteiger partial charge in [-0.1, -0.05) is 0 Å². The van der Waals surface area contributed by atoms with Crippen molar-refractivity contribution in [2.75, 3.05) is 5.73 Å². The van der Waals surface area contributed by atoms with E-state index in [0.29, 0.717) is 5.65 Å². The van der Waals surface area contributed by atoms with E-state index in [4.69, 9.17) is 20.1 Å². The van der Waals surface area contributed by atoms with Crippen LogP contribution in [0.25, 0.3) is 11.2 Å². The third-order valence-electron chi connectivity index (χ3n) is 1.19. The fourth-order valence-electron chi connectivity index (χ4n) is 0.753. The topological polar surface area (TPSA) is 138 Å². The number of hydrogen-bond donors (Lipinski definition) is 4. The molecule has 14 heavy (non-hydrogen) atoms. The van der Waals surface area contributed by atoms with Crippen LogP contribution in [0.4, 0.5) is 5.95 Å². The standard InChI is InChI=1S/C5H5N5.H3O3P/c6-5-7-1-3-4(10-5)9-2-8-3;1-4(2)3/h1-2H,(H3,6,7,8,9,10);4H,(H2,1,2,3). The van der Waals surface area contributed by atoms with Gasteiger partial charge in [-0.25, -0.2) is 9.97 Å². The molecule has 0 bridgehead atoms. The van der Waals surface area contributed by atoms with Crippen molar-refractivity contribution in [3.63, 3.8) is 0 Å². The molecule has 0 amide bonds. The van der Waals surface area contributed by atoms with Gasteiger partial charge in [-0.2, -0.15) is 4.98 Å². The summed E-state index contributed by atoms with van der Waals surface area (Å²) in [5.41, 5.74) is 6.72. The fraction of sp³-hybridized carbons (Fsp3) is 0. The number of nitrogens with zero attached hydrogens (tertiary/aromatic N) is 3. The lowest BCUT2D eigenvalue weighted by Gasteiger charge is -1.87. The molecule has 0 aliphatic carbocycles. The molecule has 2 aromatic heterocycles. The van der Waals surface area contributed by atoms with E-state index < -0.39 is 8.25 Å². The molecule has 0 radical (unpaired) electrons. The summed E-state index contributed by atoms with van der Waals surface area (Å²) in [6.45, 7) is 0. The van der Waals surface area contributed by atoms with Crippen LogP contribution in [-0.4, -0.2) is 29.7 Å². The molecule has 2 heterocycles. The van der Waals surface area contributed by atoms with Crippen molar-refractivity contribution in [3.8, 4) is 0 Å². The predicted octanol–water partition coefficient (Wildman–Crippen LogP) is -0.704. The molecule has 0 spiro atoms. The maximum atomic E-state index is 8.74. The first-order valence-electron chi connectivity index (χ1n) is 3.43. The highest BCUT2D eigenvalue weighted by Gasteiger charge is 1.95. The van der Waals surface area contributed by atoms with Gasteiger partial charge in [0.05, 0.1) is 12.5 Å². The molecule has 0 aromatic carbocycles. The quantitative estimate of drug-likeness (QED) is 0.428. The summed E-state index contributed by atoms with van der Waals surface area (Å²) in [4.78, 5) is 28.7. The molecule has 76 valence electrons. The van der Waals surface area contributed by atoms with Crippen molar-refractivity contribution in [2.45, 2.75) is 0 Å². The van der Waals surface area contributed by atoms with Crippen LogP contribution in [0.5, 0.6) is 0 Å². The Morgan fingerprint density at radius 2 is 2.07 bits per heavy atom. The first-order valence-corrected chi connectivity index (χ1v) is 4.73. The Labute approximate surface area is 78.8 Å². The van der Waals surface area contributed by atoms with Crippen molar-refractivity contribution >= 4 is 25.4 Å². The number of imidazole rings is 1. The number of nitrogen functional groups attached to an aromatic ring is 1. The Balaban J connectivity index is 0.000000213. The highest BCUT2D eigenvalue weighted by Crippen LogP contribution is 2.03. The van der Waals surface area contributed by atoms with Crippen LogP contribution in [0, 0.1) is 0 Å². The monoisotopic (exact) mass is 217 g/mol. The molecule has 0 aliphatic rings. The summed E-state index contributed by atoms with van der Waals surface area (Å²) in [6, 6.07) is 0. The third kappa shape index (κ3) is 3.09. The number of anilines is 1. The number of hydrogen-bond acceptors (Lipinski definition) is 5. The van der Waals surface area contributed by atoms with Crippen molar-refractivity contribution in [1.29, 1.82) is 0 Å². The highest BCUT2D eigenvalue weighted by atomic mass is 31.1. The maximum Gasteiger partial charge on any atom is 0.314 e. The average molecular weight is 217 g/mol. The van der Waals surface area contributed by atoms with Gasteiger partial charge in [0.2, 0.25) is 5.95 Å². The summed E-state index contributed by atoms with van der Waals surface area (Å²) < 4.78 is 8.74. The van der Waals surface area contributed by atoms with E-state index in [0.717, 1.165) is 5.52 Å². The van der Waals surface area contributed by atoms with Crippen molar-refractivity contribution in [1.82, 2.24) is 19.9 Å². The van der Waals surface area contributed by atoms with Crippen LogP contribution in [0.15, 0.2) is 12.5 Å². The normalized spacial score (nSPS) is 9.93. The Morgan fingerprint density at radius 1 is 1.43 bits per heavy atom. The van der Waals surface area contributed by atoms with Crippen LogP contribution < -0.4 is 5.73 Å². The zero-order chi connectivity index (χ0) is 10.6. The molecule has 8 nitrogen and oxygen atoms in total. The minimum absolute atomic E-state index is 0.261. The smallest absolute Gasteiger partial charge is 0.314 e. The van der Waals surface area contributed by atoms with Crippen LogP contribution >= 0.6 is 8.25 Å². The van der Waals surface area contributed by atoms with Gasteiger partial charge in [-0.05, 0) is 0 Å². The SMILES string of the molecule is Nc1ncc2nc[nH]c2n1.O=[PH](O)O. The van der Waals surface area contributed by atoms with Crippen LogP contribution in [0.1, 0.15) is 0 Å². The molecule has 0 unspecified atom stereocenters. The largest absolute Gasteiger partial charge is 0.368 e. The second kappa shape index (κ2) is 4.66. The number of nitrogens with one attached hydrogen (secondary N) is 1. The number of aromatic nitrogens is 4. The molecule has 2 aromatic rings. The van der Waals surface area contributed by atoms with Crippen molar-refractivity contribution < 1.29 is 14.4 Å². The van der Waals surface area contributed by atoms with Gasteiger partial charge in [-0.15, -0.1) is 0 Å². The summed E-state index contributed by atoms with van der Waals surface area (Å²) in [7, 11) is -3.13. The minimum atomic E-state index is -3.13. The third-order valence-corrected chi connectivity index (χ3v) is 1.19. The van der Waals surface area contributed by atoms with Gasteiger partial charge < -0.3 is 20.5 Å². The summed E-state index contributed by atoms with van der Waals surface area (Å²) in [5.74, 6) is 0.261. The highest BCUT2D eigenvalue weighted by molar-refractivity contribution is 7.30. The maximum absolute atomic E-state index is 8.74. The molecular formula is C5H8N5O3P. The van der Waals surface area contributed by atoms with Crippen LogP contribution in [-0.2, 0) is 4.57 Å². The lowest BCUT2D eigenvalue weighted by Crippen LogP contribution is -1.93. The zero-order valence-electron chi connectivity index (χ0n) is 6.88. The molecule has 5 N–H and O–H groups in total. The van der Waals surface area contributed by atoms with E-state index in [1.165, 1.54) is 0 Å². The molecule has 2 rings (SSSR count). The second-order valence-electron chi connectivity index (χ2n) is 2.15. The zero-order valence-corrected chi connectivity index (χ0v) is 7.88. The number of H-pyrrole nitrogens is 1. The molecule has 0 saturated carbocycles. The molecule has 0 saturated heterocycles.